The third-order valence-electron chi connectivity index (χ3n) is 7.11. The minimum atomic E-state index is -0.726. The third-order valence-corrected chi connectivity index (χ3v) is 7.11. The summed E-state index contributed by atoms with van der Waals surface area (Å²) in [4.78, 5) is 11.2. The van der Waals surface area contributed by atoms with Gasteiger partial charge in [-0.25, -0.2) is 0 Å². The molecule has 3 aliphatic carbocycles. The Labute approximate surface area is 169 Å². The maximum absolute atomic E-state index is 11.2. The molecular weight excluding hydrogens is 352 g/mol. The molecule has 0 aromatic rings. The fourth-order valence-corrected chi connectivity index (χ4v) is 5.75. The van der Waals surface area contributed by atoms with E-state index >= 15 is 0 Å². The van der Waals surface area contributed by atoms with Gasteiger partial charge < -0.3 is 15.3 Å². The van der Waals surface area contributed by atoms with E-state index in [2.05, 4.69) is 25.2 Å². The molecule has 6 atom stereocenters. The zero-order valence-electron chi connectivity index (χ0n) is 17.1. The topological polar surface area (TPSA) is 77.8 Å². The molecule has 156 valence electrons. The first-order valence-corrected chi connectivity index (χ1v) is 11.0. The Kier molecular flexibility index (Phi) is 7.53. The van der Waals surface area contributed by atoms with Crippen molar-refractivity contribution in [1.29, 1.82) is 0 Å². The molecule has 3 aliphatic rings. The largest absolute Gasteiger partial charge is 0.481 e. The van der Waals surface area contributed by atoms with Gasteiger partial charge in [0.15, 0.2) is 0 Å². The van der Waals surface area contributed by atoms with Gasteiger partial charge in [-0.1, -0.05) is 35.5 Å². The zero-order valence-corrected chi connectivity index (χ0v) is 17.1. The smallest absolute Gasteiger partial charge is 0.303 e. The van der Waals surface area contributed by atoms with Crippen LogP contribution in [0.3, 0.4) is 0 Å². The van der Waals surface area contributed by atoms with E-state index in [1.54, 1.807) is 0 Å². The Bertz CT molecular complexity index is 633. The molecular formula is C24H36O4. The van der Waals surface area contributed by atoms with Crippen LogP contribution in [0.2, 0.25) is 0 Å². The molecule has 28 heavy (non-hydrogen) atoms. The lowest BCUT2D eigenvalue weighted by atomic mass is 9.65. The minimum Gasteiger partial charge on any atom is -0.481 e. The SMILES string of the molecule is CC1=CC(C2CCC(C3C=CC(O)CC3CCO)C=C2CCC(=O)O)CCC1. The van der Waals surface area contributed by atoms with E-state index in [0.717, 1.165) is 19.3 Å². The van der Waals surface area contributed by atoms with E-state index in [1.165, 1.54) is 30.4 Å². The Morgan fingerprint density at radius 3 is 2.68 bits per heavy atom. The first-order valence-electron chi connectivity index (χ1n) is 11.0. The quantitative estimate of drug-likeness (QED) is 0.562. The van der Waals surface area contributed by atoms with Gasteiger partial charge in [0.1, 0.15) is 0 Å². The van der Waals surface area contributed by atoms with E-state index in [9.17, 15) is 20.1 Å². The minimum absolute atomic E-state index is 0.152. The molecule has 0 radical (unpaired) electrons. The van der Waals surface area contributed by atoms with Crippen molar-refractivity contribution in [2.75, 3.05) is 6.61 Å². The number of carboxylic acids is 1. The van der Waals surface area contributed by atoms with Crippen LogP contribution in [-0.2, 0) is 4.79 Å². The molecule has 3 rings (SSSR count). The number of aliphatic hydroxyl groups excluding tert-OH is 2. The summed E-state index contributed by atoms with van der Waals surface area (Å²) in [5.74, 6) is 1.30. The molecule has 0 fully saturated rings. The summed E-state index contributed by atoms with van der Waals surface area (Å²) in [6.45, 7) is 2.37. The van der Waals surface area contributed by atoms with Crippen LogP contribution in [0.4, 0.5) is 0 Å². The van der Waals surface area contributed by atoms with Gasteiger partial charge in [-0.3, -0.25) is 4.79 Å². The number of hydrogen-bond acceptors (Lipinski definition) is 3. The molecule has 4 heteroatoms. The van der Waals surface area contributed by atoms with E-state index < -0.39 is 12.1 Å². The molecule has 0 saturated heterocycles. The average molecular weight is 389 g/mol. The van der Waals surface area contributed by atoms with Crippen LogP contribution in [0, 0.1) is 29.6 Å². The fraction of sp³-hybridized carbons (Fsp3) is 0.708. The van der Waals surface area contributed by atoms with E-state index in [-0.39, 0.29) is 13.0 Å². The summed E-state index contributed by atoms with van der Waals surface area (Å²) < 4.78 is 0. The van der Waals surface area contributed by atoms with Crippen LogP contribution in [0.1, 0.15) is 64.7 Å². The number of rotatable bonds is 7. The third kappa shape index (κ3) is 5.36. The van der Waals surface area contributed by atoms with Crippen molar-refractivity contribution in [2.24, 2.45) is 29.6 Å². The van der Waals surface area contributed by atoms with Gasteiger partial charge in [-0.05, 0) is 87.9 Å². The molecule has 0 amide bonds. The first kappa shape index (κ1) is 21.3. The highest BCUT2D eigenvalue weighted by Gasteiger charge is 2.35. The molecule has 0 aliphatic heterocycles. The average Bonchev–Trinajstić information content (AvgIpc) is 2.66. The van der Waals surface area contributed by atoms with Crippen molar-refractivity contribution in [3.8, 4) is 0 Å². The Hall–Kier alpha value is -1.39. The van der Waals surface area contributed by atoms with Crippen LogP contribution < -0.4 is 0 Å². The van der Waals surface area contributed by atoms with Crippen molar-refractivity contribution in [2.45, 2.75) is 70.8 Å². The van der Waals surface area contributed by atoms with Crippen LogP contribution in [0.25, 0.3) is 0 Å². The van der Waals surface area contributed by atoms with Crippen LogP contribution >= 0.6 is 0 Å². The van der Waals surface area contributed by atoms with E-state index in [0.29, 0.717) is 42.4 Å². The first-order chi connectivity index (χ1) is 13.5. The second-order valence-corrected chi connectivity index (χ2v) is 9.09. The maximum atomic E-state index is 11.2. The molecule has 0 saturated carbocycles. The molecule has 0 aromatic carbocycles. The number of hydrogen-bond donors (Lipinski definition) is 3. The molecule has 0 heterocycles. The lowest BCUT2D eigenvalue weighted by Gasteiger charge is -2.40. The van der Waals surface area contributed by atoms with Crippen molar-refractivity contribution in [3.05, 3.63) is 35.5 Å². The second kappa shape index (κ2) is 9.89. The van der Waals surface area contributed by atoms with Crippen LogP contribution in [0.15, 0.2) is 35.5 Å². The Morgan fingerprint density at radius 2 is 1.96 bits per heavy atom. The molecule has 3 N–H and O–H groups in total. The summed E-state index contributed by atoms with van der Waals surface area (Å²) in [6, 6.07) is 0. The summed E-state index contributed by atoms with van der Waals surface area (Å²) >= 11 is 0. The number of carbonyl (C=O) groups is 1. The highest BCUT2D eigenvalue weighted by Crippen LogP contribution is 2.45. The molecule has 4 nitrogen and oxygen atoms in total. The predicted octanol–water partition coefficient (Wildman–Crippen LogP) is 4.49. The van der Waals surface area contributed by atoms with E-state index in [4.69, 9.17) is 0 Å². The van der Waals surface area contributed by atoms with Gasteiger partial charge >= 0.3 is 5.97 Å². The normalized spacial score (nSPS) is 36.0. The van der Waals surface area contributed by atoms with Crippen LogP contribution in [-0.4, -0.2) is 34.0 Å². The number of aliphatic carboxylic acids is 1. The maximum Gasteiger partial charge on any atom is 0.303 e. The number of allylic oxidation sites excluding steroid dienone is 5. The highest BCUT2D eigenvalue weighted by molar-refractivity contribution is 5.67. The standard InChI is InChI=1S/C24H36O4/c1-16-3-2-4-17(13-16)22-8-5-18(14-19(22)6-10-24(27)28)23-9-7-21(26)15-20(23)11-12-25/h7,9,13-14,17-18,20-23,25-26H,2-6,8,10-12,15H2,1H3,(H,27,28). The zero-order chi connectivity index (χ0) is 20.1. The van der Waals surface area contributed by atoms with Gasteiger partial charge in [0, 0.05) is 13.0 Å². The molecule has 0 spiro atoms. The predicted molar refractivity (Wildman–Crippen MR) is 111 cm³/mol. The lowest BCUT2D eigenvalue weighted by molar-refractivity contribution is -0.137. The summed E-state index contributed by atoms with van der Waals surface area (Å²) in [7, 11) is 0. The summed E-state index contributed by atoms with van der Waals surface area (Å²) in [6.07, 6.45) is 16.6. The Balaban J connectivity index is 1.82. The number of carboxylic acid groups (broad SMARTS) is 1. The van der Waals surface area contributed by atoms with Crippen LogP contribution in [0.5, 0.6) is 0 Å². The van der Waals surface area contributed by atoms with Crippen molar-refractivity contribution >= 4 is 5.97 Å². The van der Waals surface area contributed by atoms with Gasteiger partial charge in [0.2, 0.25) is 0 Å². The highest BCUT2D eigenvalue weighted by atomic mass is 16.4. The van der Waals surface area contributed by atoms with Gasteiger partial charge in [-0.2, -0.15) is 0 Å². The number of aliphatic hydroxyl groups is 2. The Morgan fingerprint density at radius 1 is 1.14 bits per heavy atom. The van der Waals surface area contributed by atoms with E-state index in [1.807, 2.05) is 6.08 Å². The summed E-state index contributed by atoms with van der Waals surface area (Å²) in [5.41, 5.74) is 2.81. The molecule has 6 unspecified atom stereocenters. The van der Waals surface area contributed by atoms with Gasteiger partial charge in [-0.15, -0.1) is 0 Å². The molecule has 0 aromatic heterocycles. The molecule has 0 bridgehead atoms. The van der Waals surface area contributed by atoms with Crippen molar-refractivity contribution < 1.29 is 20.1 Å². The lowest BCUT2D eigenvalue weighted by Crippen LogP contribution is -2.32. The van der Waals surface area contributed by atoms with Gasteiger partial charge in [0.05, 0.1) is 6.10 Å². The summed E-state index contributed by atoms with van der Waals surface area (Å²) in [5, 5.41) is 28.7. The van der Waals surface area contributed by atoms with Crippen molar-refractivity contribution in [1.82, 2.24) is 0 Å². The van der Waals surface area contributed by atoms with Crippen molar-refractivity contribution in [3.63, 3.8) is 0 Å². The second-order valence-electron chi connectivity index (χ2n) is 9.09. The fourth-order valence-electron chi connectivity index (χ4n) is 5.75. The van der Waals surface area contributed by atoms with Gasteiger partial charge in [0.25, 0.3) is 0 Å². The monoisotopic (exact) mass is 388 g/mol.